The van der Waals surface area contributed by atoms with Crippen LogP contribution in [0.5, 0.6) is 0 Å². The molecule has 3 atom stereocenters. The maximum Gasteiger partial charge on any atom is 0.324 e. The molecular weight excluding hydrogens is 577 g/mol. The third kappa shape index (κ3) is 7.24. The van der Waals surface area contributed by atoms with Crippen molar-refractivity contribution in [2.24, 2.45) is 5.41 Å². The molecule has 2 N–H and O–H groups in total. The summed E-state index contributed by atoms with van der Waals surface area (Å²) in [7, 11) is 1.60. The number of aliphatic carboxylic acids is 1. The van der Waals surface area contributed by atoms with Crippen molar-refractivity contribution in [3.05, 3.63) is 99.5 Å². The molecule has 4 rings (SSSR count). The molecule has 1 saturated heterocycles. The molecule has 3 aromatic rings. The van der Waals surface area contributed by atoms with Crippen LogP contribution in [0.15, 0.2) is 72.8 Å². The van der Waals surface area contributed by atoms with E-state index in [1.807, 2.05) is 49.4 Å². The van der Waals surface area contributed by atoms with Gasteiger partial charge in [0.15, 0.2) is 0 Å². The first-order valence-corrected chi connectivity index (χ1v) is 14.4. The van der Waals surface area contributed by atoms with Crippen LogP contribution in [0.3, 0.4) is 0 Å². The van der Waals surface area contributed by atoms with E-state index in [0.29, 0.717) is 26.9 Å². The van der Waals surface area contributed by atoms with Crippen molar-refractivity contribution >= 4 is 46.8 Å². The number of carbonyl (C=O) groups excluding carboxylic acids is 2. The maximum atomic E-state index is 13.8. The molecule has 0 spiro atoms. The Balaban J connectivity index is 1.68. The van der Waals surface area contributed by atoms with Crippen LogP contribution >= 0.6 is 23.2 Å². The van der Waals surface area contributed by atoms with Crippen LogP contribution in [-0.2, 0) is 16.1 Å². The minimum Gasteiger partial charge on any atom is -0.481 e. The molecule has 1 aliphatic rings. The summed E-state index contributed by atoms with van der Waals surface area (Å²) in [5.41, 5.74) is 1.79. The number of hydrogen-bond acceptors (Lipinski definition) is 4. The number of carbonyl (C=O) groups is 3. The van der Waals surface area contributed by atoms with E-state index >= 15 is 0 Å². The lowest BCUT2D eigenvalue weighted by Gasteiger charge is -2.47. The van der Waals surface area contributed by atoms with E-state index in [1.165, 1.54) is 14.7 Å². The van der Waals surface area contributed by atoms with Crippen molar-refractivity contribution < 1.29 is 24.6 Å². The fourth-order valence-corrected chi connectivity index (χ4v) is 5.89. The largest absolute Gasteiger partial charge is 0.481 e. The fraction of sp³-hybridized carbons (Fsp3) is 0.344. The number of carboxylic acids is 1. The van der Waals surface area contributed by atoms with Crippen LogP contribution in [0.2, 0.25) is 10.0 Å². The predicted octanol–water partition coefficient (Wildman–Crippen LogP) is 6.18. The minimum atomic E-state index is -1.13. The summed E-state index contributed by atoms with van der Waals surface area (Å²) in [6.45, 7) is 3.84. The molecule has 42 heavy (non-hydrogen) atoms. The van der Waals surface area contributed by atoms with Crippen molar-refractivity contribution in [1.29, 1.82) is 0 Å². The number of aliphatic hydroxyl groups excluding tert-OH is 1. The smallest absolute Gasteiger partial charge is 0.324 e. The fourth-order valence-electron chi connectivity index (χ4n) is 5.42. The summed E-state index contributed by atoms with van der Waals surface area (Å²) in [5, 5.41) is 21.8. The van der Waals surface area contributed by atoms with Gasteiger partial charge in [0.2, 0.25) is 5.91 Å². The Morgan fingerprint density at radius 1 is 1.00 bits per heavy atom. The van der Waals surface area contributed by atoms with Crippen LogP contribution in [-0.4, -0.2) is 64.1 Å². The number of likely N-dealkylation sites (N-methyl/N-ethyl adjacent to an activating group) is 1. The molecule has 0 aliphatic carbocycles. The zero-order valence-electron chi connectivity index (χ0n) is 23.8. The highest BCUT2D eigenvalue weighted by molar-refractivity contribution is 6.35. The second-order valence-electron chi connectivity index (χ2n) is 11.1. The predicted molar refractivity (Wildman–Crippen MR) is 164 cm³/mol. The Labute approximate surface area is 256 Å². The molecule has 3 aromatic carbocycles. The van der Waals surface area contributed by atoms with Crippen molar-refractivity contribution in [3.63, 3.8) is 0 Å². The van der Waals surface area contributed by atoms with E-state index in [9.17, 15) is 24.6 Å². The summed E-state index contributed by atoms with van der Waals surface area (Å²) in [5.74, 6) is -1.41. The Morgan fingerprint density at radius 2 is 1.67 bits per heavy atom. The molecule has 10 heteroatoms. The first-order valence-electron chi connectivity index (χ1n) is 13.7. The lowest BCUT2D eigenvalue weighted by atomic mass is 9.77. The standard InChI is InChI=1S/C32H35Cl2N3O5/c1-21-9-13-26(14-10-21)37-20-32(17-29(39)40,19-36(31(37)42)18-24-11-12-25(33)15-27(24)34)16-28(38)35(3)22(2)30(41)23-7-5-4-6-8-23/h4-15,22,30,41H,16-20H2,1-3H3,(H,39,40)/t22-,30-,32?/m1/s1. The molecule has 222 valence electrons. The molecular formula is C32H35Cl2N3O5. The van der Waals surface area contributed by atoms with Gasteiger partial charge in [0, 0.05) is 54.3 Å². The van der Waals surface area contributed by atoms with Gasteiger partial charge in [0.05, 0.1) is 18.6 Å². The van der Waals surface area contributed by atoms with Crippen LogP contribution in [0, 0.1) is 12.3 Å². The summed E-state index contributed by atoms with van der Waals surface area (Å²) >= 11 is 12.5. The quantitative estimate of drug-likeness (QED) is 0.285. The number of rotatable bonds is 10. The van der Waals surface area contributed by atoms with Crippen molar-refractivity contribution in [2.75, 3.05) is 25.0 Å². The minimum absolute atomic E-state index is 0.0225. The number of carboxylic acid groups (broad SMARTS) is 1. The van der Waals surface area contributed by atoms with Gasteiger partial charge >= 0.3 is 12.0 Å². The van der Waals surface area contributed by atoms with Gasteiger partial charge in [-0.25, -0.2) is 4.79 Å². The van der Waals surface area contributed by atoms with E-state index in [1.54, 1.807) is 44.3 Å². The molecule has 3 amide bonds. The Bertz CT molecular complexity index is 1440. The van der Waals surface area contributed by atoms with Gasteiger partial charge in [-0.05, 0) is 49.2 Å². The number of urea groups is 1. The zero-order chi connectivity index (χ0) is 30.6. The van der Waals surface area contributed by atoms with E-state index in [0.717, 1.165) is 5.56 Å². The Hall–Kier alpha value is -3.59. The van der Waals surface area contributed by atoms with Gasteiger partial charge in [0.1, 0.15) is 0 Å². The Morgan fingerprint density at radius 3 is 2.29 bits per heavy atom. The summed E-state index contributed by atoms with van der Waals surface area (Å²) in [6.07, 6.45) is -1.43. The molecule has 1 fully saturated rings. The summed E-state index contributed by atoms with van der Waals surface area (Å²) in [6, 6.07) is 20.5. The number of nitrogens with zero attached hydrogens (tertiary/aromatic N) is 3. The number of hydrogen-bond donors (Lipinski definition) is 2. The number of anilines is 1. The van der Waals surface area contributed by atoms with Gasteiger partial charge in [-0.15, -0.1) is 0 Å². The van der Waals surface area contributed by atoms with Crippen LogP contribution in [0.1, 0.15) is 42.6 Å². The van der Waals surface area contributed by atoms with E-state index in [4.69, 9.17) is 23.2 Å². The number of aliphatic hydroxyl groups is 1. The average Bonchev–Trinajstić information content (AvgIpc) is 2.95. The van der Waals surface area contributed by atoms with Gasteiger partial charge in [-0.1, -0.05) is 77.3 Å². The highest BCUT2D eigenvalue weighted by Crippen LogP contribution is 2.38. The third-order valence-corrected chi connectivity index (χ3v) is 8.48. The second kappa shape index (κ2) is 13.2. The first-order chi connectivity index (χ1) is 19.9. The molecule has 0 radical (unpaired) electrons. The van der Waals surface area contributed by atoms with E-state index < -0.39 is 23.5 Å². The SMILES string of the molecule is Cc1ccc(N2CC(CC(=O)O)(CC(=O)N(C)[C@H](C)[C@@H](O)c3ccccc3)CN(Cc3ccc(Cl)cc3Cl)C2=O)cc1. The first kappa shape index (κ1) is 31.3. The van der Waals surface area contributed by atoms with Gasteiger partial charge < -0.3 is 20.0 Å². The molecule has 8 nitrogen and oxygen atoms in total. The highest BCUT2D eigenvalue weighted by Gasteiger charge is 2.47. The number of halogens is 2. The lowest BCUT2D eigenvalue weighted by molar-refractivity contribution is -0.143. The van der Waals surface area contributed by atoms with Crippen LogP contribution in [0.25, 0.3) is 0 Å². The molecule has 1 aliphatic heterocycles. The number of aryl methyl sites for hydroxylation is 1. The normalized spacial score (nSPS) is 18.5. The molecule has 0 bridgehead atoms. The van der Waals surface area contributed by atoms with E-state index in [-0.39, 0.29) is 44.4 Å². The topological polar surface area (TPSA) is 101 Å². The number of amides is 3. The van der Waals surface area contributed by atoms with Gasteiger partial charge in [-0.2, -0.15) is 0 Å². The third-order valence-electron chi connectivity index (χ3n) is 7.90. The van der Waals surface area contributed by atoms with Crippen molar-refractivity contribution in [2.45, 2.75) is 45.4 Å². The van der Waals surface area contributed by atoms with Crippen molar-refractivity contribution in [1.82, 2.24) is 9.80 Å². The maximum absolute atomic E-state index is 13.8. The summed E-state index contributed by atoms with van der Waals surface area (Å²) < 4.78 is 0. The Kier molecular flexibility index (Phi) is 9.82. The molecule has 1 unspecified atom stereocenters. The molecule has 0 aromatic heterocycles. The highest BCUT2D eigenvalue weighted by atomic mass is 35.5. The van der Waals surface area contributed by atoms with Crippen molar-refractivity contribution in [3.8, 4) is 0 Å². The summed E-state index contributed by atoms with van der Waals surface area (Å²) in [4.78, 5) is 44.4. The second-order valence-corrected chi connectivity index (χ2v) is 12.0. The van der Waals surface area contributed by atoms with Crippen LogP contribution in [0.4, 0.5) is 10.5 Å². The monoisotopic (exact) mass is 611 g/mol. The number of benzene rings is 3. The van der Waals surface area contributed by atoms with Crippen LogP contribution < -0.4 is 4.90 Å². The van der Waals surface area contributed by atoms with Gasteiger partial charge in [0.25, 0.3) is 0 Å². The van der Waals surface area contributed by atoms with Gasteiger partial charge in [-0.3, -0.25) is 14.5 Å². The average molecular weight is 613 g/mol. The molecule has 1 heterocycles. The molecule has 0 saturated carbocycles. The van der Waals surface area contributed by atoms with E-state index in [2.05, 4.69) is 0 Å². The zero-order valence-corrected chi connectivity index (χ0v) is 25.3. The lowest BCUT2D eigenvalue weighted by Crippen LogP contribution is -2.60.